The number of benzene rings is 2. The third-order valence-electron chi connectivity index (χ3n) is 3.99. The van der Waals surface area contributed by atoms with Crippen LogP contribution in [0.15, 0.2) is 42.5 Å². The largest absolute Gasteiger partial charge is 0.497 e. The minimum absolute atomic E-state index is 0.0291. The molecular formula is C20H22O4. The van der Waals surface area contributed by atoms with Crippen molar-refractivity contribution >= 4 is 11.8 Å². The van der Waals surface area contributed by atoms with E-state index >= 15 is 0 Å². The lowest BCUT2D eigenvalue weighted by atomic mass is 9.94. The van der Waals surface area contributed by atoms with Gasteiger partial charge in [-0.25, -0.2) is 0 Å². The number of carbonyl (C=O) groups is 2. The van der Waals surface area contributed by atoms with Crippen LogP contribution in [0.2, 0.25) is 0 Å². The van der Waals surface area contributed by atoms with Crippen LogP contribution in [0.4, 0.5) is 0 Å². The predicted octanol–water partition coefficient (Wildman–Crippen LogP) is 4.06. The lowest BCUT2D eigenvalue weighted by Crippen LogP contribution is -2.08. The summed E-state index contributed by atoms with van der Waals surface area (Å²) in [5.74, 6) is 0.416. The van der Waals surface area contributed by atoms with Crippen LogP contribution in [0.3, 0.4) is 0 Å². The Morgan fingerprint density at radius 1 is 0.917 bits per heavy atom. The summed E-state index contributed by atoms with van der Waals surface area (Å²) >= 11 is 0. The van der Waals surface area contributed by atoms with E-state index in [1.807, 2.05) is 49.4 Å². The van der Waals surface area contributed by atoms with Gasteiger partial charge in [-0.2, -0.15) is 0 Å². The molecule has 2 aromatic rings. The zero-order valence-electron chi connectivity index (χ0n) is 14.3. The van der Waals surface area contributed by atoms with Crippen molar-refractivity contribution in [3.05, 3.63) is 53.6 Å². The van der Waals surface area contributed by atoms with Gasteiger partial charge in [-0.3, -0.25) is 9.59 Å². The first-order valence-corrected chi connectivity index (χ1v) is 7.96. The summed E-state index contributed by atoms with van der Waals surface area (Å²) in [6.45, 7) is 2.02. The second-order valence-corrected chi connectivity index (χ2v) is 5.45. The summed E-state index contributed by atoms with van der Waals surface area (Å²) in [7, 11) is 2.97. The molecule has 0 aliphatic rings. The molecule has 0 aliphatic carbocycles. The lowest BCUT2D eigenvalue weighted by molar-refractivity contribution is -0.140. The minimum atomic E-state index is -0.365. The fraction of sp³-hybridized carbons (Fsp3) is 0.300. The van der Waals surface area contributed by atoms with Crippen LogP contribution < -0.4 is 4.74 Å². The Hall–Kier alpha value is -2.62. The second-order valence-electron chi connectivity index (χ2n) is 5.45. The normalized spacial score (nSPS) is 10.3. The van der Waals surface area contributed by atoms with Crippen LogP contribution in [0.1, 0.15) is 35.7 Å². The van der Waals surface area contributed by atoms with Crippen molar-refractivity contribution in [2.75, 3.05) is 14.2 Å². The van der Waals surface area contributed by atoms with Gasteiger partial charge in [0, 0.05) is 12.0 Å². The first-order valence-electron chi connectivity index (χ1n) is 7.96. The van der Waals surface area contributed by atoms with Gasteiger partial charge in [0.1, 0.15) is 5.75 Å². The number of methoxy groups -OCH3 is 2. The molecule has 0 unspecified atom stereocenters. The van der Waals surface area contributed by atoms with E-state index < -0.39 is 0 Å². The molecular weight excluding hydrogens is 304 g/mol. The van der Waals surface area contributed by atoms with Gasteiger partial charge in [0.05, 0.1) is 20.6 Å². The van der Waals surface area contributed by atoms with E-state index in [2.05, 4.69) is 4.74 Å². The Kier molecular flexibility index (Phi) is 6.13. The van der Waals surface area contributed by atoms with Crippen LogP contribution in [-0.4, -0.2) is 26.0 Å². The van der Waals surface area contributed by atoms with Crippen molar-refractivity contribution < 1.29 is 19.1 Å². The summed E-state index contributed by atoms with van der Waals surface area (Å²) in [6.07, 6.45) is 1.03. The van der Waals surface area contributed by atoms with Crippen molar-refractivity contribution in [1.82, 2.24) is 0 Å². The van der Waals surface area contributed by atoms with Crippen molar-refractivity contribution in [2.45, 2.75) is 26.2 Å². The van der Waals surface area contributed by atoms with Crippen LogP contribution in [-0.2, 0) is 16.0 Å². The molecule has 0 atom stereocenters. The van der Waals surface area contributed by atoms with Crippen molar-refractivity contribution in [3.8, 4) is 16.9 Å². The zero-order valence-corrected chi connectivity index (χ0v) is 14.3. The van der Waals surface area contributed by atoms with Crippen LogP contribution in [0.25, 0.3) is 11.1 Å². The fourth-order valence-electron chi connectivity index (χ4n) is 2.57. The number of aryl methyl sites for hydroxylation is 1. The molecule has 0 amide bonds. The number of ether oxygens (including phenoxy) is 2. The van der Waals surface area contributed by atoms with Gasteiger partial charge in [0.15, 0.2) is 5.78 Å². The maximum atomic E-state index is 12.4. The maximum absolute atomic E-state index is 12.4. The SMILES string of the molecule is CCc1cc(-c2ccc(OC)cc2)ccc1C(=O)CCC(=O)OC. The monoisotopic (exact) mass is 326 g/mol. The first-order chi connectivity index (χ1) is 11.6. The molecule has 0 N–H and O–H groups in total. The molecule has 0 aliphatic heterocycles. The maximum Gasteiger partial charge on any atom is 0.305 e. The van der Waals surface area contributed by atoms with E-state index in [9.17, 15) is 9.59 Å². The van der Waals surface area contributed by atoms with Crippen molar-refractivity contribution in [3.63, 3.8) is 0 Å². The highest BCUT2D eigenvalue weighted by Crippen LogP contribution is 2.26. The third-order valence-corrected chi connectivity index (χ3v) is 3.99. The number of Topliss-reactive ketones (excluding diaryl/α,β-unsaturated/α-hetero) is 1. The zero-order chi connectivity index (χ0) is 17.5. The van der Waals surface area contributed by atoms with Gasteiger partial charge >= 0.3 is 5.97 Å². The number of hydrogen-bond donors (Lipinski definition) is 0. The van der Waals surface area contributed by atoms with Gasteiger partial charge in [0.2, 0.25) is 0 Å². The van der Waals surface area contributed by atoms with Crippen LogP contribution in [0.5, 0.6) is 5.75 Å². The molecule has 0 saturated carbocycles. The Bertz CT molecular complexity index is 717. The van der Waals surface area contributed by atoms with Gasteiger partial charge in [-0.05, 0) is 35.2 Å². The Morgan fingerprint density at radius 3 is 2.17 bits per heavy atom. The molecule has 0 radical (unpaired) electrons. The van der Waals surface area contributed by atoms with E-state index in [1.54, 1.807) is 7.11 Å². The molecule has 0 heterocycles. The smallest absolute Gasteiger partial charge is 0.305 e. The molecule has 2 rings (SSSR count). The van der Waals surface area contributed by atoms with E-state index in [0.717, 1.165) is 28.9 Å². The molecule has 2 aromatic carbocycles. The number of carbonyl (C=O) groups excluding carboxylic acids is 2. The quantitative estimate of drug-likeness (QED) is 0.569. The van der Waals surface area contributed by atoms with E-state index in [1.165, 1.54) is 7.11 Å². The summed E-state index contributed by atoms with van der Waals surface area (Å²) in [5.41, 5.74) is 3.79. The van der Waals surface area contributed by atoms with Gasteiger partial charge in [-0.15, -0.1) is 0 Å². The van der Waals surface area contributed by atoms with Crippen molar-refractivity contribution in [1.29, 1.82) is 0 Å². The van der Waals surface area contributed by atoms with Gasteiger partial charge < -0.3 is 9.47 Å². The van der Waals surface area contributed by atoms with Gasteiger partial charge in [-0.1, -0.05) is 37.3 Å². The Balaban J connectivity index is 2.23. The highest BCUT2D eigenvalue weighted by molar-refractivity contribution is 5.99. The summed E-state index contributed by atoms with van der Waals surface area (Å²) < 4.78 is 9.76. The fourth-order valence-corrected chi connectivity index (χ4v) is 2.57. The number of rotatable bonds is 7. The van der Waals surface area contributed by atoms with E-state index in [-0.39, 0.29) is 24.6 Å². The number of ketones is 1. The van der Waals surface area contributed by atoms with E-state index in [4.69, 9.17) is 4.74 Å². The molecule has 126 valence electrons. The number of hydrogen-bond acceptors (Lipinski definition) is 4. The molecule has 4 nitrogen and oxygen atoms in total. The summed E-state index contributed by atoms with van der Waals surface area (Å²) in [5, 5.41) is 0. The highest BCUT2D eigenvalue weighted by atomic mass is 16.5. The molecule has 24 heavy (non-hydrogen) atoms. The standard InChI is InChI=1S/C20H22O4/c1-4-14-13-16(15-5-8-17(23-2)9-6-15)7-10-18(14)19(21)11-12-20(22)24-3/h5-10,13H,4,11-12H2,1-3H3. The molecule has 0 bridgehead atoms. The van der Waals surface area contributed by atoms with Crippen molar-refractivity contribution in [2.24, 2.45) is 0 Å². The topological polar surface area (TPSA) is 52.6 Å². The summed E-state index contributed by atoms with van der Waals surface area (Å²) in [4.78, 5) is 23.6. The average Bonchev–Trinajstić information content (AvgIpc) is 2.65. The predicted molar refractivity (Wildman–Crippen MR) is 93.4 cm³/mol. The molecule has 0 spiro atoms. The van der Waals surface area contributed by atoms with Crippen LogP contribution >= 0.6 is 0 Å². The first kappa shape index (κ1) is 17.7. The highest BCUT2D eigenvalue weighted by Gasteiger charge is 2.13. The number of esters is 1. The molecule has 0 aromatic heterocycles. The third kappa shape index (κ3) is 4.22. The molecule has 0 saturated heterocycles. The van der Waals surface area contributed by atoms with Gasteiger partial charge in [0.25, 0.3) is 0 Å². The second kappa shape index (κ2) is 8.29. The average molecular weight is 326 g/mol. The Labute approximate surface area is 142 Å². The molecule has 0 fully saturated rings. The van der Waals surface area contributed by atoms with E-state index in [0.29, 0.717) is 5.56 Å². The lowest BCUT2D eigenvalue weighted by Gasteiger charge is -2.10. The minimum Gasteiger partial charge on any atom is -0.497 e. The molecule has 4 heteroatoms. The Morgan fingerprint density at radius 2 is 1.58 bits per heavy atom. The van der Waals surface area contributed by atoms with Crippen LogP contribution in [0, 0.1) is 0 Å². The summed E-state index contributed by atoms with van der Waals surface area (Å²) in [6, 6.07) is 13.6.